The minimum atomic E-state index is -0.230. The van der Waals surface area contributed by atoms with Crippen molar-refractivity contribution in [3.63, 3.8) is 0 Å². The topological polar surface area (TPSA) is 80.2 Å². The quantitative estimate of drug-likeness (QED) is 0.397. The van der Waals surface area contributed by atoms with Crippen molar-refractivity contribution in [2.45, 2.75) is 40.0 Å². The van der Waals surface area contributed by atoms with Crippen LogP contribution in [0.2, 0.25) is 0 Å². The maximum absolute atomic E-state index is 12.5. The van der Waals surface area contributed by atoms with Gasteiger partial charge in [-0.15, -0.1) is 0 Å². The van der Waals surface area contributed by atoms with Crippen LogP contribution in [0.3, 0.4) is 0 Å². The molecule has 150 valence electrons. The Morgan fingerprint density at radius 3 is 2.50 bits per heavy atom. The summed E-state index contributed by atoms with van der Waals surface area (Å²) in [5.74, 6) is -0.133. The molecule has 0 aliphatic carbocycles. The van der Waals surface area contributed by atoms with E-state index in [4.69, 9.17) is 9.47 Å². The average Bonchev–Trinajstić information content (AvgIpc) is 2.64. The second-order valence-corrected chi connectivity index (χ2v) is 6.10. The van der Waals surface area contributed by atoms with Crippen LogP contribution in [0.15, 0.2) is 16.3 Å². The number of esters is 1. The van der Waals surface area contributed by atoms with Crippen LogP contribution in [0.5, 0.6) is 0 Å². The first kappa shape index (κ1) is 24.1. The monoisotopic (exact) mass is 369 g/mol. The Morgan fingerprint density at radius 2 is 1.96 bits per heavy atom. The lowest BCUT2D eigenvalue weighted by Crippen LogP contribution is -2.31. The third-order valence-corrected chi connectivity index (χ3v) is 4.04. The van der Waals surface area contributed by atoms with Crippen molar-refractivity contribution in [3.8, 4) is 0 Å². The number of rotatable bonds is 13. The van der Waals surface area contributed by atoms with Crippen LogP contribution in [0.1, 0.15) is 40.0 Å². The van der Waals surface area contributed by atoms with E-state index in [9.17, 15) is 9.59 Å². The summed E-state index contributed by atoms with van der Waals surface area (Å²) in [4.78, 5) is 30.0. The van der Waals surface area contributed by atoms with E-state index in [0.29, 0.717) is 32.5 Å². The van der Waals surface area contributed by atoms with Gasteiger partial charge in [0.05, 0.1) is 20.1 Å². The van der Waals surface area contributed by atoms with Gasteiger partial charge in [0.2, 0.25) is 5.91 Å². The number of nitrogens with zero attached hydrogens (tertiary/aromatic N) is 2. The fourth-order valence-corrected chi connectivity index (χ4v) is 2.44. The predicted octanol–water partition coefficient (Wildman–Crippen LogP) is 2.02. The molecule has 0 saturated heterocycles. The van der Waals surface area contributed by atoms with Gasteiger partial charge in [0.25, 0.3) is 0 Å². The molecule has 1 N–H and O–H groups in total. The summed E-state index contributed by atoms with van der Waals surface area (Å²) in [6.45, 7) is 8.42. The number of amides is 1. The minimum absolute atomic E-state index is 0.00942. The SMILES string of the molecule is CCN=C/C(CC(=O)N(C)CCOC)=C(\NCC)[C@H](C)CCC(=O)OC. The Kier molecular flexibility index (Phi) is 13.3. The normalized spacial score (nSPS) is 13.3. The molecule has 0 bridgehead atoms. The molecule has 0 aromatic rings. The van der Waals surface area contributed by atoms with Crippen molar-refractivity contribution in [2.75, 3.05) is 47.5 Å². The summed E-state index contributed by atoms with van der Waals surface area (Å²) >= 11 is 0. The first-order valence-corrected chi connectivity index (χ1v) is 9.17. The molecule has 0 aromatic carbocycles. The summed E-state index contributed by atoms with van der Waals surface area (Å²) in [5.41, 5.74) is 1.82. The fraction of sp³-hybridized carbons (Fsp3) is 0.737. The molecule has 0 unspecified atom stereocenters. The van der Waals surface area contributed by atoms with Crippen molar-refractivity contribution >= 4 is 18.1 Å². The average molecular weight is 370 g/mol. The maximum Gasteiger partial charge on any atom is 0.305 e. The standard InChI is InChI=1S/C19H35N3O4/c1-7-20-14-16(13-17(23)22(4)11-12-25-5)19(21-8-2)15(3)9-10-18(24)26-6/h14-15,21H,7-13H2,1-6H3/b19-16-,20-14?/t15-/m1/s1. The number of carbonyl (C=O) groups is 2. The summed E-state index contributed by atoms with van der Waals surface area (Å²) in [5, 5.41) is 3.36. The number of carbonyl (C=O) groups excluding carboxylic acids is 2. The van der Waals surface area contributed by atoms with Gasteiger partial charge in [-0.25, -0.2) is 0 Å². The van der Waals surface area contributed by atoms with E-state index in [1.807, 2.05) is 20.8 Å². The van der Waals surface area contributed by atoms with Gasteiger partial charge in [-0.3, -0.25) is 14.6 Å². The summed E-state index contributed by atoms with van der Waals surface area (Å²) in [7, 11) is 4.77. The van der Waals surface area contributed by atoms with E-state index in [2.05, 4.69) is 10.3 Å². The van der Waals surface area contributed by atoms with E-state index in [-0.39, 0.29) is 24.2 Å². The molecule has 26 heavy (non-hydrogen) atoms. The molecule has 0 aliphatic rings. The van der Waals surface area contributed by atoms with Gasteiger partial charge in [0.15, 0.2) is 0 Å². The molecule has 0 aromatic heterocycles. The Labute approximate surface area is 157 Å². The van der Waals surface area contributed by atoms with E-state index in [1.54, 1.807) is 25.3 Å². The molecule has 0 saturated carbocycles. The number of hydrogen-bond donors (Lipinski definition) is 1. The van der Waals surface area contributed by atoms with E-state index in [1.165, 1.54) is 7.11 Å². The van der Waals surface area contributed by atoms with E-state index < -0.39 is 0 Å². The number of ether oxygens (including phenoxy) is 2. The van der Waals surface area contributed by atoms with Crippen LogP contribution in [-0.2, 0) is 19.1 Å². The number of allylic oxidation sites excluding steroid dienone is 1. The number of aliphatic imine (C=N–C) groups is 1. The van der Waals surface area contributed by atoms with E-state index >= 15 is 0 Å². The molecule has 1 atom stereocenters. The zero-order chi connectivity index (χ0) is 19.9. The van der Waals surface area contributed by atoms with Crippen LogP contribution in [-0.4, -0.2) is 70.5 Å². The van der Waals surface area contributed by atoms with Crippen molar-refractivity contribution in [3.05, 3.63) is 11.3 Å². The van der Waals surface area contributed by atoms with Crippen LogP contribution < -0.4 is 5.32 Å². The van der Waals surface area contributed by atoms with Crippen LogP contribution in [0.25, 0.3) is 0 Å². The van der Waals surface area contributed by atoms with Gasteiger partial charge in [0.1, 0.15) is 0 Å². The highest BCUT2D eigenvalue weighted by atomic mass is 16.5. The lowest BCUT2D eigenvalue weighted by atomic mass is 9.95. The Hall–Kier alpha value is -1.89. The zero-order valence-corrected chi connectivity index (χ0v) is 17.1. The third kappa shape index (κ3) is 9.56. The zero-order valence-electron chi connectivity index (χ0n) is 17.1. The first-order valence-electron chi connectivity index (χ1n) is 9.17. The number of hydrogen-bond acceptors (Lipinski definition) is 6. The molecule has 0 heterocycles. The molecule has 7 nitrogen and oxygen atoms in total. The van der Waals surface area contributed by atoms with Gasteiger partial charge >= 0.3 is 5.97 Å². The molecule has 7 heteroatoms. The molecule has 0 aliphatic heterocycles. The molecule has 1 amide bonds. The second kappa shape index (κ2) is 14.3. The number of likely N-dealkylation sites (N-methyl/N-ethyl adjacent to an activating group) is 1. The van der Waals surface area contributed by atoms with Gasteiger partial charge in [-0.2, -0.15) is 0 Å². The Balaban J connectivity index is 5.40. The third-order valence-electron chi connectivity index (χ3n) is 4.04. The van der Waals surface area contributed by atoms with Gasteiger partial charge in [-0.05, 0) is 31.8 Å². The lowest BCUT2D eigenvalue weighted by Gasteiger charge is -2.22. The molecule has 0 rings (SSSR count). The van der Waals surface area contributed by atoms with Crippen molar-refractivity contribution < 1.29 is 19.1 Å². The van der Waals surface area contributed by atoms with Crippen LogP contribution in [0, 0.1) is 5.92 Å². The van der Waals surface area contributed by atoms with Crippen LogP contribution >= 0.6 is 0 Å². The highest BCUT2D eigenvalue weighted by molar-refractivity contribution is 5.90. The molecular weight excluding hydrogens is 334 g/mol. The Bertz CT molecular complexity index is 489. The van der Waals surface area contributed by atoms with E-state index in [0.717, 1.165) is 17.8 Å². The smallest absolute Gasteiger partial charge is 0.305 e. The highest BCUT2D eigenvalue weighted by Gasteiger charge is 2.18. The van der Waals surface area contributed by atoms with Gasteiger partial charge < -0.3 is 19.7 Å². The number of methoxy groups -OCH3 is 2. The van der Waals surface area contributed by atoms with Crippen molar-refractivity contribution in [1.82, 2.24) is 10.2 Å². The largest absolute Gasteiger partial charge is 0.469 e. The second-order valence-electron chi connectivity index (χ2n) is 6.10. The van der Waals surface area contributed by atoms with Crippen molar-refractivity contribution in [1.29, 1.82) is 0 Å². The summed E-state index contributed by atoms with van der Waals surface area (Å²) in [6.07, 6.45) is 3.02. The summed E-state index contributed by atoms with van der Waals surface area (Å²) < 4.78 is 9.76. The van der Waals surface area contributed by atoms with Crippen molar-refractivity contribution in [2.24, 2.45) is 10.9 Å². The molecule has 0 radical (unpaired) electrons. The van der Waals surface area contributed by atoms with Crippen LogP contribution in [0.4, 0.5) is 0 Å². The highest BCUT2D eigenvalue weighted by Crippen LogP contribution is 2.20. The minimum Gasteiger partial charge on any atom is -0.469 e. The Morgan fingerprint density at radius 1 is 1.27 bits per heavy atom. The first-order chi connectivity index (χ1) is 12.4. The maximum atomic E-state index is 12.5. The number of nitrogens with one attached hydrogen (secondary N) is 1. The fourth-order valence-electron chi connectivity index (χ4n) is 2.44. The van der Waals surface area contributed by atoms with Gasteiger partial charge in [-0.1, -0.05) is 6.92 Å². The van der Waals surface area contributed by atoms with Gasteiger partial charge in [0, 0.05) is 52.1 Å². The molecule has 0 spiro atoms. The molecular formula is C19H35N3O4. The summed E-state index contributed by atoms with van der Waals surface area (Å²) in [6, 6.07) is 0. The lowest BCUT2D eigenvalue weighted by molar-refractivity contribution is -0.140. The predicted molar refractivity (Wildman–Crippen MR) is 104 cm³/mol. The molecule has 0 fully saturated rings.